The van der Waals surface area contributed by atoms with E-state index in [1.807, 2.05) is 13.8 Å². The van der Waals surface area contributed by atoms with Crippen molar-refractivity contribution in [1.82, 2.24) is 14.5 Å². The average Bonchev–Trinajstić information content (AvgIpc) is 2.75. The number of benzene rings is 1. The molecule has 0 amide bonds. The largest absolute Gasteiger partial charge is 0.353 e. The molecule has 0 aliphatic carbocycles. The molecule has 3 aromatic heterocycles. The van der Waals surface area contributed by atoms with Crippen LogP contribution in [0.5, 0.6) is 0 Å². The number of aryl methyl sites for hydroxylation is 1. The summed E-state index contributed by atoms with van der Waals surface area (Å²) in [5, 5.41) is 11.0. The molecule has 4 rings (SSSR count). The van der Waals surface area contributed by atoms with Crippen molar-refractivity contribution in [1.29, 1.82) is 0 Å². The molecule has 0 atom stereocenters. The Morgan fingerprint density at radius 1 is 1.15 bits per heavy atom. The van der Waals surface area contributed by atoms with E-state index in [4.69, 9.17) is 11.6 Å². The molecule has 0 fully saturated rings. The Hall–Kier alpha value is -3.72. The molecule has 10 heteroatoms. The highest BCUT2D eigenvalue weighted by molar-refractivity contribution is 6.37. The van der Waals surface area contributed by atoms with Gasteiger partial charge in [0.25, 0.3) is 0 Å². The van der Waals surface area contributed by atoms with E-state index in [1.165, 1.54) is 18.2 Å². The monoisotopic (exact) mass is 470 g/mol. The summed E-state index contributed by atoms with van der Waals surface area (Å²) in [6.07, 6.45) is 1.56. The van der Waals surface area contributed by atoms with Gasteiger partial charge < -0.3 is 0 Å². The summed E-state index contributed by atoms with van der Waals surface area (Å²) in [6.45, 7) is 5.41. The van der Waals surface area contributed by atoms with Crippen molar-refractivity contribution in [2.75, 3.05) is 0 Å². The Morgan fingerprint density at radius 3 is 2.48 bits per heavy atom. The maximum Gasteiger partial charge on any atom is 0.353 e. The predicted octanol–water partition coefficient (Wildman–Crippen LogP) is 5.72. The second kappa shape index (κ2) is 8.32. The van der Waals surface area contributed by atoms with Gasteiger partial charge in [-0.05, 0) is 42.7 Å². The summed E-state index contributed by atoms with van der Waals surface area (Å²) < 4.78 is 30.5. The third-order valence-corrected chi connectivity index (χ3v) is 5.64. The van der Waals surface area contributed by atoms with Crippen LogP contribution >= 0.6 is 11.6 Å². The van der Waals surface area contributed by atoms with Crippen LogP contribution in [0.25, 0.3) is 28.0 Å². The Morgan fingerprint density at radius 2 is 1.85 bits per heavy atom. The third-order valence-electron chi connectivity index (χ3n) is 5.25. The van der Waals surface area contributed by atoms with Gasteiger partial charge in [0.2, 0.25) is 0 Å². The van der Waals surface area contributed by atoms with E-state index in [9.17, 15) is 19.3 Å². The smallest absolute Gasteiger partial charge is 0.261 e. The minimum Gasteiger partial charge on any atom is -0.261 e. The molecule has 1 aromatic carbocycles. The van der Waals surface area contributed by atoms with Crippen LogP contribution in [0.15, 0.2) is 47.4 Å². The Labute approximate surface area is 191 Å². The summed E-state index contributed by atoms with van der Waals surface area (Å²) in [5.74, 6) is -1.82. The molecule has 4 aromatic rings. The highest BCUT2D eigenvalue weighted by Crippen LogP contribution is 2.35. The lowest BCUT2D eigenvalue weighted by Crippen LogP contribution is -2.25. The van der Waals surface area contributed by atoms with Gasteiger partial charge >= 0.3 is 11.2 Å². The van der Waals surface area contributed by atoms with Gasteiger partial charge in [-0.25, -0.2) is 13.8 Å². The molecule has 7 nitrogen and oxygen atoms in total. The van der Waals surface area contributed by atoms with Gasteiger partial charge in [-0.15, -0.1) is 0 Å². The fourth-order valence-corrected chi connectivity index (χ4v) is 4.02. The van der Waals surface area contributed by atoms with Crippen molar-refractivity contribution in [3.63, 3.8) is 0 Å². The van der Waals surface area contributed by atoms with Crippen molar-refractivity contribution < 1.29 is 13.7 Å². The molecule has 33 heavy (non-hydrogen) atoms. The lowest BCUT2D eigenvalue weighted by Gasteiger charge is -2.19. The maximum atomic E-state index is 15.1. The Kier molecular flexibility index (Phi) is 5.67. The van der Waals surface area contributed by atoms with Crippen molar-refractivity contribution in [3.8, 4) is 16.9 Å². The number of nitro groups is 1. The van der Waals surface area contributed by atoms with Crippen LogP contribution < -0.4 is 5.56 Å². The molecule has 3 heterocycles. The number of pyridine rings is 3. The van der Waals surface area contributed by atoms with Gasteiger partial charge in [0.1, 0.15) is 28.0 Å². The minimum atomic E-state index is -1.05. The molecular formula is C23H17ClF2N4O3. The lowest BCUT2D eigenvalue weighted by atomic mass is 10.0. The van der Waals surface area contributed by atoms with Crippen LogP contribution in [-0.2, 0) is 0 Å². The highest BCUT2D eigenvalue weighted by Gasteiger charge is 2.29. The Bertz CT molecular complexity index is 1500. The average molecular weight is 471 g/mol. The summed E-state index contributed by atoms with van der Waals surface area (Å²) in [5.41, 5.74) is -1.24. The zero-order valence-corrected chi connectivity index (χ0v) is 18.5. The number of hydrogen-bond donors (Lipinski definition) is 0. The molecule has 168 valence electrons. The molecular weight excluding hydrogens is 454 g/mol. The first-order chi connectivity index (χ1) is 15.6. The van der Waals surface area contributed by atoms with Crippen molar-refractivity contribution in [2.45, 2.75) is 26.7 Å². The molecule has 0 spiro atoms. The molecule has 0 N–H and O–H groups in total. The van der Waals surface area contributed by atoms with E-state index < -0.39 is 32.8 Å². The summed E-state index contributed by atoms with van der Waals surface area (Å²) in [7, 11) is 0. The van der Waals surface area contributed by atoms with Gasteiger partial charge in [0.15, 0.2) is 0 Å². The summed E-state index contributed by atoms with van der Waals surface area (Å²) in [6, 6.07) is 8.02. The first-order valence-electron chi connectivity index (χ1n) is 9.93. The van der Waals surface area contributed by atoms with Crippen LogP contribution in [0.2, 0.25) is 5.02 Å². The van der Waals surface area contributed by atoms with E-state index in [0.29, 0.717) is 11.3 Å². The van der Waals surface area contributed by atoms with Gasteiger partial charge in [0, 0.05) is 17.1 Å². The molecule has 0 unspecified atom stereocenters. The van der Waals surface area contributed by atoms with Crippen molar-refractivity contribution >= 4 is 28.3 Å². The fourth-order valence-electron chi connectivity index (χ4n) is 3.73. The van der Waals surface area contributed by atoms with E-state index in [-0.39, 0.29) is 33.9 Å². The van der Waals surface area contributed by atoms with Crippen LogP contribution in [0.4, 0.5) is 14.5 Å². The number of halogens is 3. The number of hydrogen-bond acceptors (Lipinski definition) is 5. The zero-order chi connectivity index (χ0) is 24.0. The van der Waals surface area contributed by atoms with E-state index >= 15 is 4.39 Å². The van der Waals surface area contributed by atoms with Gasteiger partial charge in [-0.1, -0.05) is 37.6 Å². The van der Waals surface area contributed by atoms with Crippen molar-refractivity contribution in [3.05, 3.63) is 91.0 Å². The van der Waals surface area contributed by atoms with Gasteiger partial charge in [-0.3, -0.25) is 24.5 Å². The first kappa shape index (κ1) is 22.5. The van der Waals surface area contributed by atoms with E-state index in [2.05, 4.69) is 9.97 Å². The second-order valence-corrected chi connectivity index (χ2v) is 8.12. The molecule has 0 aliphatic heterocycles. The van der Waals surface area contributed by atoms with Crippen LogP contribution in [0.3, 0.4) is 0 Å². The predicted molar refractivity (Wildman–Crippen MR) is 121 cm³/mol. The number of fused-ring (bicyclic) bond motifs is 1. The summed E-state index contributed by atoms with van der Waals surface area (Å²) in [4.78, 5) is 32.8. The number of aromatic nitrogens is 3. The molecule has 0 radical (unpaired) electrons. The minimum absolute atomic E-state index is 0.127. The van der Waals surface area contributed by atoms with Crippen LogP contribution in [0.1, 0.15) is 31.0 Å². The van der Waals surface area contributed by atoms with Gasteiger partial charge in [0.05, 0.1) is 16.3 Å². The molecule has 0 bridgehead atoms. The van der Waals surface area contributed by atoms with Gasteiger partial charge in [-0.2, -0.15) is 0 Å². The fraction of sp³-hybridized carbons (Fsp3) is 0.174. The highest BCUT2D eigenvalue weighted by atomic mass is 35.5. The number of nitrogens with zero attached hydrogens (tertiary/aromatic N) is 4. The Balaban J connectivity index is 2.26. The third kappa shape index (κ3) is 3.64. The molecule has 0 aliphatic rings. The topological polar surface area (TPSA) is 90.9 Å². The maximum absolute atomic E-state index is 15.1. The normalized spacial score (nSPS) is 11.4. The van der Waals surface area contributed by atoms with Crippen LogP contribution in [0, 0.1) is 28.7 Å². The van der Waals surface area contributed by atoms with Crippen molar-refractivity contribution in [2.24, 2.45) is 0 Å². The standard InChI is InChI=1S/C23H17ClF2N4O3/c1-11(2)18-20(12(3)8-9-27-18)29-22-14(17(24)21(23(29)31)30(32)33)10-16(26)19(28-22)13-6-4-5-7-15(13)25/h4-11H,1-3H3. The summed E-state index contributed by atoms with van der Waals surface area (Å²) >= 11 is 6.19. The first-order valence-corrected chi connectivity index (χ1v) is 10.3. The zero-order valence-electron chi connectivity index (χ0n) is 17.8. The lowest BCUT2D eigenvalue weighted by molar-refractivity contribution is -0.386. The molecule has 0 saturated heterocycles. The van der Waals surface area contributed by atoms with E-state index in [0.717, 1.165) is 16.7 Å². The van der Waals surface area contributed by atoms with Crippen LogP contribution in [-0.4, -0.2) is 19.5 Å². The second-order valence-electron chi connectivity index (χ2n) is 7.75. The van der Waals surface area contributed by atoms with E-state index in [1.54, 1.807) is 19.2 Å². The molecule has 0 saturated carbocycles. The SMILES string of the molecule is Cc1ccnc(C(C)C)c1-n1c(=O)c([N+](=O)[O-])c(Cl)c2cc(F)c(-c3ccccc3F)nc21. The quantitative estimate of drug-likeness (QED) is 0.281. The number of rotatable bonds is 4.